The Labute approximate surface area is 70.1 Å². The van der Waals surface area contributed by atoms with Crippen molar-refractivity contribution < 1.29 is 5.11 Å². The van der Waals surface area contributed by atoms with Gasteiger partial charge in [-0.25, -0.2) is 0 Å². The first kappa shape index (κ1) is 10.7. The van der Waals surface area contributed by atoms with E-state index < -0.39 is 0 Å². The van der Waals surface area contributed by atoms with Gasteiger partial charge in [-0.15, -0.1) is 6.58 Å². The topological polar surface area (TPSA) is 20.2 Å². The molecule has 1 heteroatoms. The van der Waals surface area contributed by atoms with Crippen molar-refractivity contribution in [1.29, 1.82) is 0 Å². The fraction of sp³-hybridized carbons (Fsp3) is 0.800. The number of unbranched alkanes of at least 4 members (excludes halogenated alkanes) is 2. The molecule has 0 rings (SSSR count). The maximum absolute atomic E-state index is 8.86. The summed E-state index contributed by atoms with van der Waals surface area (Å²) in [6, 6.07) is 0. The zero-order chi connectivity index (χ0) is 8.53. The van der Waals surface area contributed by atoms with Crippen molar-refractivity contribution in [2.45, 2.75) is 39.0 Å². The Balaban J connectivity index is 3.13. The average Bonchev–Trinajstić information content (AvgIpc) is 2.05. The van der Waals surface area contributed by atoms with E-state index in [0.717, 1.165) is 12.8 Å². The Morgan fingerprint density at radius 2 is 2.18 bits per heavy atom. The fourth-order valence-corrected chi connectivity index (χ4v) is 1.15. The van der Waals surface area contributed by atoms with Crippen molar-refractivity contribution in [3.8, 4) is 0 Å². The third-order valence-corrected chi connectivity index (χ3v) is 2.11. The van der Waals surface area contributed by atoms with Crippen LogP contribution in [-0.2, 0) is 0 Å². The lowest BCUT2D eigenvalue weighted by Gasteiger charge is -2.09. The van der Waals surface area contributed by atoms with Crippen LogP contribution in [0.25, 0.3) is 0 Å². The van der Waals surface area contributed by atoms with Gasteiger partial charge in [0.05, 0.1) is 0 Å². The van der Waals surface area contributed by atoms with Crippen LogP contribution < -0.4 is 0 Å². The second-order valence-electron chi connectivity index (χ2n) is 3.03. The summed E-state index contributed by atoms with van der Waals surface area (Å²) in [4.78, 5) is 0. The molecule has 0 aliphatic carbocycles. The van der Waals surface area contributed by atoms with Gasteiger partial charge in [0.1, 0.15) is 0 Å². The molecule has 0 radical (unpaired) electrons. The minimum absolute atomic E-state index is 0.352. The van der Waals surface area contributed by atoms with Crippen LogP contribution in [-0.4, -0.2) is 11.7 Å². The van der Waals surface area contributed by atoms with Crippen molar-refractivity contribution in [3.63, 3.8) is 0 Å². The van der Waals surface area contributed by atoms with Gasteiger partial charge in [0.2, 0.25) is 0 Å². The first-order valence-electron chi connectivity index (χ1n) is 4.56. The standard InChI is InChI=1S/C10H20O/c1-3-5-6-7-8-10(4-2)9-11/h3,10-11H,1,4-9H2,2H3. The highest BCUT2D eigenvalue weighted by molar-refractivity contribution is 4.66. The molecule has 0 saturated heterocycles. The van der Waals surface area contributed by atoms with E-state index in [0.29, 0.717) is 12.5 Å². The number of aliphatic hydroxyl groups excluding tert-OH is 1. The SMILES string of the molecule is C=CCCCCC(CC)CO. The average molecular weight is 156 g/mol. The molecular formula is C10H20O. The Morgan fingerprint density at radius 3 is 2.64 bits per heavy atom. The summed E-state index contributed by atoms with van der Waals surface area (Å²) in [5.74, 6) is 0.528. The van der Waals surface area contributed by atoms with Crippen LogP contribution >= 0.6 is 0 Å². The van der Waals surface area contributed by atoms with Crippen molar-refractivity contribution >= 4 is 0 Å². The zero-order valence-corrected chi connectivity index (χ0v) is 7.55. The summed E-state index contributed by atoms with van der Waals surface area (Å²) in [5.41, 5.74) is 0. The van der Waals surface area contributed by atoms with Crippen molar-refractivity contribution in [2.75, 3.05) is 6.61 Å². The molecule has 0 spiro atoms. The van der Waals surface area contributed by atoms with Gasteiger partial charge >= 0.3 is 0 Å². The molecule has 0 amide bonds. The van der Waals surface area contributed by atoms with E-state index in [-0.39, 0.29) is 0 Å². The minimum Gasteiger partial charge on any atom is -0.396 e. The van der Waals surface area contributed by atoms with E-state index in [1.807, 2.05) is 6.08 Å². The summed E-state index contributed by atoms with van der Waals surface area (Å²) in [6.45, 7) is 6.15. The summed E-state index contributed by atoms with van der Waals surface area (Å²) in [7, 11) is 0. The van der Waals surface area contributed by atoms with Gasteiger partial charge in [-0.2, -0.15) is 0 Å². The molecule has 0 fully saturated rings. The molecule has 0 saturated carbocycles. The highest BCUT2D eigenvalue weighted by Gasteiger charge is 2.02. The van der Waals surface area contributed by atoms with Gasteiger partial charge in [0.25, 0.3) is 0 Å². The van der Waals surface area contributed by atoms with Crippen LogP contribution in [0, 0.1) is 5.92 Å². The molecular weight excluding hydrogens is 136 g/mol. The number of aliphatic hydroxyl groups is 1. The van der Waals surface area contributed by atoms with Crippen LogP contribution in [0.1, 0.15) is 39.0 Å². The van der Waals surface area contributed by atoms with E-state index in [9.17, 15) is 0 Å². The van der Waals surface area contributed by atoms with E-state index in [1.165, 1.54) is 19.3 Å². The number of hydrogen-bond donors (Lipinski definition) is 1. The van der Waals surface area contributed by atoms with E-state index in [1.54, 1.807) is 0 Å². The van der Waals surface area contributed by atoms with Gasteiger partial charge in [0.15, 0.2) is 0 Å². The molecule has 11 heavy (non-hydrogen) atoms. The second kappa shape index (κ2) is 7.80. The summed E-state index contributed by atoms with van der Waals surface area (Å²) in [5, 5.41) is 8.86. The summed E-state index contributed by atoms with van der Waals surface area (Å²) < 4.78 is 0. The fourth-order valence-electron chi connectivity index (χ4n) is 1.15. The van der Waals surface area contributed by atoms with Gasteiger partial charge in [0, 0.05) is 6.61 Å². The van der Waals surface area contributed by atoms with Gasteiger partial charge in [-0.1, -0.05) is 25.8 Å². The van der Waals surface area contributed by atoms with Gasteiger partial charge < -0.3 is 5.11 Å². The predicted octanol–water partition coefficient (Wildman–Crippen LogP) is 2.75. The highest BCUT2D eigenvalue weighted by Crippen LogP contribution is 2.12. The maximum Gasteiger partial charge on any atom is 0.0459 e. The molecule has 0 heterocycles. The van der Waals surface area contributed by atoms with Crippen LogP contribution in [0.3, 0.4) is 0 Å². The molecule has 0 aromatic rings. The molecule has 66 valence electrons. The monoisotopic (exact) mass is 156 g/mol. The molecule has 0 aromatic carbocycles. The summed E-state index contributed by atoms with van der Waals surface area (Å²) >= 11 is 0. The molecule has 1 atom stereocenters. The quantitative estimate of drug-likeness (QED) is 0.444. The lowest BCUT2D eigenvalue weighted by atomic mass is 10.00. The molecule has 1 nitrogen and oxygen atoms in total. The van der Waals surface area contributed by atoms with Crippen molar-refractivity contribution in [1.82, 2.24) is 0 Å². The lowest BCUT2D eigenvalue weighted by Crippen LogP contribution is -2.03. The first-order valence-corrected chi connectivity index (χ1v) is 4.56. The van der Waals surface area contributed by atoms with Crippen LogP contribution in [0.2, 0.25) is 0 Å². The lowest BCUT2D eigenvalue weighted by molar-refractivity contribution is 0.212. The third-order valence-electron chi connectivity index (χ3n) is 2.11. The zero-order valence-electron chi connectivity index (χ0n) is 7.55. The minimum atomic E-state index is 0.352. The summed E-state index contributed by atoms with van der Waals surface area (Å²) in [6.07, 6.45) is 7.79. The van der Waals surface area contributed by atoms with Crippen LogP contribution in [0.15, 0.2) is 12.7 Å². The molecule has 0 aromatic heterocycles. The largest absolute Gasteiger partial charge is 0.396 e. The predicted molar refractivity (Wildman–Crippen MR) is 49.5 cm³/mol. The van der Waals surface area contributed by atoms with Crippen LogP contribution in [0.5, 0.6) is 0 Å². The molecule has 0 bridgehead atoms. The third kappa shape index (κ3) is 6.11. The Hall–Kier alpha value is -0.300. The molecule has 0 aliphatic heterocycles. The van der Waals surface area contributed by atoms with Crippen molar-refractivity contribution in [2.24, 2.45) is 5.92 Å². The van der Waals surface area contributed by atoms with E-state index in [2.05, 4.69) is 13.5 Å². The Bertz CT molecular complexity index is 84.9. The maximum atomic E-state index is 8.86. The van der Waals surface area contributed by atoms with Gasteiger partial charge in [-0.3, -0.25) is 0 Å². The highest BCUT2D eigenvalue weighted by atomic mass is 16.3. The number of rotatable bonds is 7. The Morgan fingerprint density at radius 1 is 1.45 bits per heavy atom. The first-order chi connectivity index (χ1) is 5.35. The Kier molecular flexibility index (Phi) is 7.59. The van der Waals surface area contributed by atoms with Gasteiger partial charge in [-0.05, 0) is 25.2 Å². The number of hydrogen-bond acceptors (Lipinski definition) is 1. The second-order valence-corrected chi connectivity index (χ2v) is 3.03. The van der Waals surface area contributed by atoms with Crippen molar-refractivity contribution in [3.05, 3.63) is 12.7 Å². The molecule has 1 N–H and O–H groups in total. The molecule has 0 aliphatic rings. The van der Waals surface area contributed by atoms with Crippen LogP contribution in [0.4, 0.5) is 0 Å². The van der Waals surface area contributed by atoms with E-state index in [4.69, 9.17) is 5.11 Å². The molecule has 1 unspecified atom stereocenters. The smallest absolute Gasteiger partial charge is 0.0459 e. The number of allylic oxidation sites excluding steroid dienone is 1. The normalized spacial score (nSPS) is 12.9. The van der Waals surface area contributed by atoms with E-state index >= 15 is 0 Å².